The predicted molar refractivity (Wildman–Crippen MR) is 77.9 cm³/mol. The highest BCUT2D eigenvalue weighted by Gasteiger charge is 2.13. The van der Waals surface area contributed by atoms with E-state index in [1.807, 2.05) is 6.07 Å². The van der Waals surface area contributed by atoms with Gasteiger partial charge in [-0.15, -0.1) is 0 Å². The van der Waals surface area contributed by atoms with Crippen LogP contribution in [0.15, 0.2) is 24.3 Å². The Labute approximate surface area is 112 Å². The zero-order chi connectivity index (χ0) is 13.4. The lowest BCUT2D eigenvalue weighted by Crippen LogP contribution is -2.20. The topological polar surface area (TPSA) is 35.2 Å². The van der Waals surface area contributed by atoms with E-state index in [4.69, 9.17) is 10.5 Å². The lowest BCUT2D eigenvalue weighted by molar-refractivity contribution is 0.355. The largest absolute Gasteiger partial charge is 0.497 e. The van der Waals surface area contributed by atoms with Gasteiger partial charge in [0, 0.05) is 0 Å². The maximum Gasteiger partial charge on any atom is 0.119 e. The van der Waals surface area contributed by atoms with Crippen LogP contribution in [0.25, 0.3) is 0 Å². The van der Waals surface area contributed by atoms with Gasteiger partial charge in [-0.2, -0.15) is 0 Å². The fourth-order valence-corrected chi connectivity index (χ4v) is 2.49. The minimum atomic E-state index is 0.585. The molecule has 0 aliphatic rings. The molecule has 0 aliphatic carbocycles. The van der Waals surface area contributed by atoms with Crippen molar-refractivity contribution in [3.05, 3.63) is 29.8 Å². The van der Waals surface area contributed by atoms with Crippen LogP contribution in [-0.2, 0) is 6.42 Å². The summed E-state index contributed by atoms with van der Waals surface area (Å²) < 4.78 is 5.26. The van der Waals surface area contributed by atoms with Gasteiger partial charge in [0.05, 0.1) is 7.11 Å². The zero-order valence-electron chi connectivity index (χ0n) is 12.0. The Morgan fingerprint density at radius 1 is 1.17 bits per heavy atom. The molecule has 0 amide bonds. The Morgan fingerprint density at radius 3 is 2.44 bits per heavy atom. The summed E-state index contributed by atoms with van der Waals surface area (Å²) in [7, 11) is 1.71. The molecule has 0 aromatic heterocycles. The van der Waals surface area contributed by atoms with Crippen LogP contribution in [0.2, 0.25) is 0 Å². The van der Waals surface area contributed by atoms with Gasteiger partial charge in [0.15, 0.2) is 0 Å². The van der Waals surface area contributed by atoms with Crippen molar-refractivity contribution in [2.24, 2.45) is 17.6 Å². The second kappa shape index (κ2) is 8.15. The molecule has 1 rings (SSSR count). The van der Waals surface area contributed by atoms with Crippen molar-refractivity contribution in [2.75, 3.05) is 13.7 Å². The minimum Gasteiger partial charge on any atom is -0.497 e. The molecule has 1 aromatic carbocycles. The molecule has 1 atom stereocenters. The van der Waals surface area contributed by atoms with Gasteiger partial charge in [0.25, 0.3) is 0 Å². The fourth-order valence-electron chi connectivity index (χ4n) is 2.49. The Balaban J connectivity index is 2.61. The Morgan fingerprint density at radius 2 is 1.89 bits per heavy atom. The standard InChI is InChI=1S/C16H27NO/c1-4-13(5-2)9-15(12-17)10-14-7-6-8-16(11-14)18-3/h6-8,11,13,15H,4-5,9-10,12,17H2,1-3H3. The van der Waals surface area contributed by atoms with Gasteiger partial charge in [0.2, 0.25) is 0 Å². The van der Waals surface area contributed by atoms with Gasteiger partial charge in [-0.25, -0.2) is 0 Å². The number of hydrogen-bond donors (Lipinski definition) is 1. The first kappa shape index (κ1) is 15.0. The summed E-state index contributed by atoms with van der Waals surface area (Å²) in [5.41, 5.74) is 7.25. The van der Waals surface area contributed by atoms with Crippen LogP contribution in [-0.4, -0.2) is 13.7 Å². The summed E-state index contributed by atoms with van der Waals surface area (Å²) in [5.74, 6) is 2.33. The monoisotopic (exact) mass is 249 g/mol. The molecule has 2 N–H and O–H groups in total. The SMILES string of the molecule is CCC(CC)CC(CN)Cc1cccc(OC)c1. The third kappa shape index (κ3) is 4.69. The second-order valence-electron chi connectivity index (χ2n) is 5.08. The van der Waals surface area contributed by atoms with Crippen molar-refractivity contribution >= 4 is 0 Å². The highest BCUT2D eigenvalue weighted by molar-refractivity contribution is 5.28. The van der Waals surface area contributed by atoms with Crippen molar-refractivity contribution in [1.82, 2.24) is 0 Å². The molecule has 1 unspecified atom stereocenters. The van der Waals surface area contributed by atoms with Crippen LogP contribution in [0.3, 0.4) is 0 Å². The predicted octanol–water partition coefficient (Wildman–Crippen LogP) is 3.64. The van der Waals surface area contributed by atoms with Gasteiger partial charge in [0.1, 0.15) is 5.75 Å². The van der Waals surface area contributed by atoms with E-state index in [2.05, 4.69) is 32.0 Å². The summed E-state index contributed by atoms with van der Waals surface area (Å²) in [5, 5.41) is 0. The Kier molecular flexibility index (Phi) is 6.81. The van der Waals surface area contributed by atoms with Crippen LogP contribution in [0.1, 0.15) is 38.7 Å². The minimum absolute atomic E-state index is 0.585. The molecule has 0 saturated carbocycles. The molecule has 0 fully saturated rings. The first-order chi connectivity index (χ1) is 8.73. The lowest BCUT2D eigenvalue weighted by atomic mass is 9.87. The van der Waals surface area contributed by atoms with E-state index in [0.717, 1.165) is 24.6 Å². The molecule has 1 aromatic rings. The maximum atomic E-state index is 5.92. The summed E-state index contributed by atoms with van der Waals surface area (Å²) in [6, 6.07) is 8.33. The number of nitrogens with two attached hydrogens (primary N) is 1. The molecule has 102 valence electrons. The van der Waals surface area contributed by atoms with E-state index in [1.165, 1.54) is 24.8 Å². The number of methoxy groups -OCH3 is 1. The van der Waals surface area contributed by atoms with Crippen LogP contribution in [0.4, 0.5) is 0 Å². The van der Waals surface area contributed by atoms with E-state index >= 15 is 0 Å². The Hall–Kier alpha value is -1.02. The highest BCUT2D eigenvalue weighted by atomic mass is 16.5. The number of hydrogen-bond acceptors (Lipinski definition) is 2. The quantitative estimate of drug-likeness (QED) is 0.763. The normalized spacial score (nSPS) is 12.7. The molecule has 0 aliphatic heterocycles. The van der Waals surface area contributed by atoms with E-state index < -0.39 is 0 Å². The molecule has 0 heterocycles. The molecule has 0 saturated heterocycles. The average molecular weight is 249 g/mol. The van der Waals surface area contributed by atoms with Crippen LogP contribution >= 0.6 is 0 Å². The van der Waals surface area contributed by atoms with Gasteiger partial charge >= 0.3 is 0 Å². The van der Waals surface area contributed by atoms with Gasteiger partial charge < -0.3 is 10.5 Å². The first-order valence-corrected chi connectivity index (χ1v) is 7.06. The van der Waals surface area contributed by atoms with E-state index in [-0.39, 0.29) is 0 Å². The maximum absolute atomic E-state index is 5.92. The van der Waals surface area contributed by atoms with Crippen LogP contribution in [0.5, 0.6) is 5.75 Å². The van der Waals surface area contributed by atoms with Crippen molar-refractivity contribution in [1.29, 1.82) is 0 Å². The van der Waals surface area contributed by atoms with Crippen molar-refractivity contribution in [3.8, 4) is 5.75 Å². The second-order valence-corrected chi connectivity index (χ2v) is 5.08. The van der Waals surface area contributed by atoms with Crippen molar-refractivity contribution in [3.63, 3.8) is 0 Å². The molecular weight excluding hydrogens is 222 g/mol. The number of benzene rings is 1. The summed E-state index contributed by atoms with van der Waals surface area (Å²) in [4.78, 5) is 0. The van der Waals surface area contributed by atoms with Gasteiger partial charge in [-0.05, 0) is 48.9 Å². The molecular formula is C16H27NO. The highest BCUT2D eigenvalue weighted by Crippen LogP contribution is 2.23. The molecule has 0 radical (unpaired) electrons. The molecule has 18 heavy (non-hydrogen) atoms. The van der Waals surface area contributed by atoms with Crippen LogP contribution < -0.4 is 10.5 Å². The summed E-state index contributed by atoms with van der Waals surface area (Å²) in [6.07, 6.45) is 4.81. The third-order valence-corrected chi connectivity index (χ3v) is 3.81. The Bertz CT molecular complexity index is 334. The van der Waals surface area contributed by atoms with Crippen molar-refractivity contribution < 1.29 is 4.74 Å². The van der Waals surface area contributed by atoms with E-state index in [1.54, 1.807) is 7.11 Å². The van der Waals surface area contributed by atoms with E-state index in [0.29, 0.717) is 5.92 Å². The fraction of sp³-hybridized carbons (Fsp3) is 0.625. The number of ether oxygens (including phenoxy) is 1. The zero-order valence-corrected chi connectivity index (χ0v) is 12.0. The third-order valence-electron chi connectivity index (χ3n) is 3.81. The molecule has 2 nitrogen and oxygen atoms in total. The first-order valence-electron chi connectivity index (χ1n) is 7.06. The molecule has 0 bridgehead atoms. The molecule has 0 spiro atoms. The number of rotatable bonds is 8. The molecule has 2 heteroatoms. The van der Waals surface area contributed by atoms with Gasteiger partial charge in [-0.1, -0.05) is 38.8 Å². The summed E-state index contributed by atoms with van der Waals surface area (Å²) >= 11 is 0. The van der Waals surface area contributed by atoms with Crippen molar-refractivity contribution in [2.45, 2.75) is 39.5 Å². The summed E-state index contributed by atoms with van der Waals surface area (Å²) in [6.45, 7) is 5.31. The van der Waals surface area contributed by atoms with E-state index in [9.17, 15) is 0 Å². The van der Waals surface area contributed by atoms with Crippen LogP contribution in [0, 0.1) is 11.8 Å². The van der Waals surface area contributed by atoms with Gasteiger partial charge in [-0.3, -0.25) is 0 Å². The average Bonchev–Trinajstić information content (AvgIpc) is 2.43. The lowest BCUT2D eigenvalue weighted by Gasteiger charge is -2.20. The smallest absolute Gasteiger partial charge is 0.119 e.